The van der Waals surface area contributed by atoms with E-state index in [0.717, 1.165) is 12.1 Å². The lowest BCUT2D eigenvalue weighted by atomic mass is 10.1. The minimum Gasteiger partial charge on any atom is -0.495 e. The van der Waals surface area contributed by atoms with E-state index in [0.29, 0.717) is 22.7 Å². The zero-order valence-corrected chi connectivity index (χ0v) is 17.1. The summed E-state index contributed by atoms with van der Waals surface area (Å²) in [5.74, 6) is -0.953. The number of fused-ring (bicyclic) bond motifs is 1. The van der Waals surface area contributed by atoms with Gasteiger partial charge >= 0.3 is 0 Å². The first kappa shape index (κ1) is 20.0. The molecule has 1 fully saturated rings. The molecule has 29 heavy (non-hydrogen) atoms. The van der Waals surface area contributed by atoms with Gasteiger partial charge in [0.05, 0.1) is 11.8 Å². The first-order valence-electron chi connectivity index (χ1n) is 8.94. The van der Waals surface area contributed by atoms with E-state index in [-0.39, 0.29) is 35.4 Å². The second kappa shape index (κ2) is 7.85. The Bertz CT molecular complexity index is 1140. The minimum absolute atomic E-state index is 0.0984. The number of ether oxygens (including phenoxy) is 2. The quantitative estimate of drug-likeness (QED) is 0.604. The molecule has 1 aliphatic heterocycles. The third-order valence-electron chi connectivity index (χ3n) is 4.76. The van der Waals surface area contributed by atoms with Crippen molar-refractivity contribution in [1.82, 2.24) is 9.29 Å². The molecule has 0 spiro atoms. The second-order valence-electron chi connectivity index (χ2n) is 6.58. The van der Waals surface area contributed by atoms with Gasteiger partial charge in [-0.1, -0.05) is 17.4 Å². The molecule has 1 aromatic heterocycles. The van der Waals surface area contributed by atoms with Gasteiger partial charge in [0.2, 0.25) is 10.0 Å². The fourth-order valence-electron chi connectivity index (χ4n) is 3.27. The smallest absolute Gasteiger partial charge is 0.274 e. The number of aromatic nitrogens is 1. The highest BCUT2D eigenvalue weighted by Gasteiger charge is 2.33. The molecule has 0 aliphatic carbocycles. The fraction of sp³-hybridized carbons (Fsp3) is 0.316. The molecule has 0 unspecified atom stereocenters. The van der Waals surface area contributed by atoms with E-state index in [9.17, 15) is 17.2 Å². The lowest BCUT2D eigenvalue weighted by Gasteiger charge is -2.31. The number of benzene rings is 2. The molecule has 0 atom stereocenters. The molecule has 0 radical (unpaired) electrons. The van der Waals surface area contributed by atoms with Gasteiger partial charge in [0.15, 0.2) is 0 Å². The van der Waals surface area contributed by atoms with Crippen LogP contribution in [-0.4, -0.2) is 44.0 Å². The van der Waals surface area contributed by atoms with Crippen LogP contribution in [-0.2, 0) is 10.0 Å². The number of rotatable bonds is 5. The van der Waals surface area contributed by atoms with Crippen LogP contribution < -0.4 is 9.47 Å². The predicted molar refractivity (Wildman–Crippen MR) is 105 cm³/mol. The number of halogens is 2. The maximum Gasteiger partial charge on any atom is 0.274 e. The van der Waals surface area contributed by atoms with Gasteiger partial charge in [0, 0.05) is 13.1 Å². The number of methoxy groups -OCH3 is 1. The van der Waals surface area contributed by atoms with Crippen molar-refractivity contribution in [1.29, 1.82) is 0 Å². The summed E-state index contributed by atoms with van der Waals surface area (Å²) >= 11 is 1.25. The Labute approximate surface area is 170 Å². The first-order chi connectivity index (χ1) is 13.9. The van der Waals surface area contributed by atoms with Crippen molar-refractivity contribution >= 4 is 31.6 Å². The molecule has 0 bridgehead atoms. The van der Waals surface area contributed by atoms with E-state index < -0.39 is 21.7 Å². The number of sulfonamides is 1. The molecular weight excluding hydrogens is 422 g/mol. The number of para-hydroxylation sites is 1. The van der Waals surface area contributed by atoms with Gasteiger partial charge in [0.1, 0.15) is 33.9 Å². The Hall–Kier alpha value is -2.30. The summed E-state index contributed by atoms with van der Waals surface area (Å²) in [4.78, 5) is 3.99. The third kappa shape index (κ3) is 3.92. The van der Waals surface area contributed by atoms with E-state index in [1.54, 1.807) is 12.1 Å². The highest BCUT2D eigenvalue weighted by molar-refractivity contribution is 7.89. The Balaban J connectivity index is 1.46. The van der Waals surface area contributed by atoms with E-state index in [1.807, 2.05) is 0 Å². The average molecular weight is 440 g/mol. The third-order valence-corrected chi connectivity index (χ3v) is 7.59. The SMILES string of the molecule is COc1ccc(F)cc1S(=O)(=O)N1CCC(Oc2nc3c(F)cccc3s2)CC1. The van der Waals surface area contributed by atoms with Gasteiger partial charge in [-0.2, -0.15) is 9.29 Å². The van der Waals surface area contributed by atoms with Crippen LogP contribution in [0.15, 0.2) is 41.3 Å². The largest absolute Gasteiger partial charge is 0.495 e. The van der Waals surface area contributed by atoms with Gasteiger partial charge in [-0.15, -0.1) is 0 Å². The molecule has 2 aromatic carbocycles. The minimum atomic E-state index is -3.90. The zero-order chi connectivity index (χ0) is 20.6. The van der Waals surface area contributed by atoms with Crippen LogP contribution >= 0.6 is 11.3 Å². The monoisotopic (exact) mass is 440 g/mol. The van der Waals surface area contributed by atoms with Gasteiger partial charge < -0.3 is 9.47 Å². The number of hydrogen-bond acceptors (Lipinski definition) is 6. The Morgan fingerprint density at radius 1 is 1.17 bits per heavy atom. The number of hydrogen-bond donors (Lipinski definition) is 0. The van der Waals surface area contributed by atoms with Crippen molar-refractivity contribution in [2.45, 2.75) is 23.8 Å². The van der Waals surface area contributed by atoms with Gasteiger partial charge in [-0.05, 0) is 43.2 Å². The molecule has 3 aromatic rings. The van der Waals surface area contributed by atoms with E-state index in [1.165, 1.54) is 34.9 Å². The fourth-order valence-corrected chi connectivity index (χ4v) is 5.80. The molecule has 0 amide bonds. The summed E-state index contributed by atoms with van der Waals surface area (Å²) in [6.45, 7) is 0.428. The average Bonchev–Trinajstić information content (AvgIpc) is 3.12. The van der Waals surface area contributed by atoms with Crippen molar-refractivity contribution in [3.05, 3.63) is 48.0 Å². The van der Waals surface area contributed by atoms with Crippen LogP contribution in [0.25, 0.3) is 10.2 Å². The molecule has 10 heteroatoms. The molecule has 0 N–H and O–H groups in total. The summed E-state index contributed by atoms with van der Waals surface area (Å²) in [5.41, 5.74) is 0.269. The Morgan fingerprint density at radius 3 is 2.62 bits per heavy atom. The summed E-state index contributed by atoms with van der Waals surface area (Å²) in [7, 11) is -2.56. The van der Waals surface area contributed by atoms with E-state index >= 15 is 0 Å². The summed E-state index contributed by atoms with van der Waals surface area (Å²) < 4.78 is 66.2. The molecule has 4 rings (SSSR count). The topological polar surface area (TPSA) is 68.7 Å². The normalized spacial score (nSPS) is 16.2. The number of nitrogens with zero attached hydrogens (tertiary/aromatic N) is 2. The predicted octanol–water partition coefficient (Wildman–Crippen LogP) is 3.82. The van der Waals surface area contributed by atoms with Crippen molar-refractivity contribution < 1.29 is 26.7 Å². The molecule has 0 saturated carbocycles. The molecule has 2 heterocycles. The maximum atomic E-state index is 13.8. The van der Waals surface area contributed by atoms with Crippen LogP contribution in [0.4, 0.5) is 8.78 Å². The standard InChI is InChI=1S/C19H18F2N2O4S2/c1-26-15-6-5-12(20)11-17(15)29(24,25)23-9-7-13(8-10-23)27-19-22-18-14(21)3-2-4-16(18)28-19/h2-6,11,13H,7-10H2,1H3. The lowest BCUT2D eigenvalue weighted by Crippen LogP contribution is -2.41. The van der Waals surface area contributed by atoms with Crippen LogP contribution in [0.2, 0.25) is 0 Å². The molecule has 154 valence electrons. The van der Waals surface area contributed by atoms with Gasteiger partial charge in [-0.3, -0.25) is 0 Å². The molecular formula is C19H18F2N2O4S2. The first-order valence-corrected chi connectivity index (χ1v) is 11.2. The number of thiazole rings is 1. The van der Waals surface area contributed by atoms with E-state index in [2.05, 4.69) is 4.98 Å². The lowest BCUT2D eigenvalue weighted by molar-refractivity contribution is 0.135. The van der Waals surface area contributed by atoms with E-state index in [4.69, 9.17) is 9.47 Å². The Morgan fingerprint density at radius 2 is 1.93 bits per heavy atom. The zero-order valence-electron chi connectivity index (χ0n) is 15.5. The molecule has 1 aliphatic rings. The van der Waals surface area contributed by atoms with Crippen molar-refractivity contribution in [3.8, 4) is 10.9 Å². The van der Waals surface area contributed by atoms with Gasteiger partial charge in [-0.25, -0.2) is 17.2 Å². The van der Waals surface area contributed by atoms with Crippen LogP contribution in [0.5, 0.6) is 10.9 Å². The molecule has 6 nitrogen and oxygen atoms in total. The maximum absolute atomic E-state index is 13.8. The van der Waals surface area contributed by atoms with Crippen LogP contribution in [0, 0.1) is 11.6 Å². The van der Waals surface area contributed by atoms with Gasteiger partial charge in [0.25, 0.3) is 5.19 Å². The van der Waals surface area contributed by atoms with Crippen molar-refractivity contribution in [2.24, 2.45) is 0 Å². The summed E-state index contributed by atoms with van der Waals surface area (Å²) in [6, 6.07) is 8.14. The van der Waals surface area contributed by atoms with Crippen LogP contribution in [0.3, 0.4) is 0 Å². The highest BCUT2D eigenvalue weighted by Crippen LogP contribution is 2.33. The summed E-state index contributed by atoms with van der Waals surface area (Å²) in [5, 5.41) is 0.359. The van der Waals surface area contributed by atoms with Crippen LogP contribution in [0.1, 0.15) is 12.8 Å². The highest BCUT2D eigenvalue weighted by atomic mass is 32.2. The summed E-state index contributed by atoms with van der Waals surface area (Å²) in [6.07, 6.45) is 0.643. The molecule has 1 saturated heterocycles. The second-order valence-corrected chi connectivity index (χ2v) is 9.48. The van der Waals surface area contributed by atoms with Crippen molar-refractivity contribution in [2.75, 3.05) is 20.2 Å². The Kier molecular flexibility index (Phi) is 5.41. The number of piperidine rings is 1. The van der Waals surface area contributed by atoms with Crippen molar-refractivity contribution in [3.63, 3.8) is 0 Å².